The molecule has 226 valence electrons. The van der Waals surface area contributed by atoms with Gasteiger partial charge in [0.2, 0.25) is 0 Å². The van der Waals surface area contributed by atoms with Gasteiger partial charge in [-0.1, -0.05) is 25.0 Å². The Hall–Kier alpha value is -4.32. The second-order valence-electron chi connectivity index (χ2n) is 10.2. The van der Waals surface area contributed by atoms with Crippen LogP contribution in [0.5, 0.6) is 5.75 Å². The van der Waals surface area contributed by atoms with Crippen LogP contribution in [0.15, 0.2) is 46.7 Å². The highest BCUT2D eigenvalue weighted by atomic mass is 19.3. The summed E-state index contributed by atoms with van der Waals surface area (Å²) in [5.74, 6) is -0.798. The van der Waals surface area contributed by atoms with Crippen molar-refractivity contribution in [3.63, 3.8) is 0 Å². The third-order valence-corrected chi connectivity index (χ3v) is 7.14. The average Bonchev–Trinajstić information content (AvgIpc) is 3.52. The first-order chi connectivity index (χ1) is 20.0. The first-order valence-electron chi connectivity index (χ1n) is 13.8. The van der Waals surface area contributed by atoms with E-state index in [4.69, 9.17) is 16.9 Å². The van der Waals surface area contributed by atoms with Crippen molar-refractivity contribution in [1.82, 2.24) is 20.0 Å². The molecule has 0 spiro atoms. The van der Waals surface area contributed by atoms with E-state index in [0.717, 1.165) is 38.4 Å². The van der Waals surface area contributed by atoms with Crippen molar-refractivity contribution < 1.29 is 18.3 Å². The maximum atomic E-state index is 13.4. The first-order valence-corrected chi connectivity index (χ1v) is 13.8. The quantitative estimate of drug-likeness (QED) is 0.151. The van der Waals surface area contributed by atoms with E-state index in [0.29, 0.717) is 17.8 Å². The fourth-order valence-corrected chi connectivity index (χ4v) is 4.68. The molecule has 0 aliphatic carbocycles. The summed E-state index contributed by atoms with van der Waals surface area (Å²) < 4.78 is 32.8. The number of carbonyl (C=O) groups is 1. The van der Waals surface area contributed by atoms with E-state index in [1.54, 1.807) is 17.8 Å². The molecule has 42 heavy (non-hydrogen) atoms. The molecule has 2 heterocycles. The number of likely N-dealkylation sites (N-methyl/N-ethyl adjacent to an activating group) is 1. The van der Waals surface area contributed by atoms with E-state index in [1.807, 2.05) is 19.2 Å². The van der Waals surface area contributed by atoms with Crippen molar-refractivity contribution in [3.05, 3.63) is 64.1 Å². The highest BCUT2D eigenvalue weighted by molar-refractivity contribution is 6.03. The van der Waals surface area contributed by atoms with Crippen LogP contribution in [0.2, 0.25) is 0 Å². The molecule has 3 rings (SSSR count). The molecular formula is C30H40F2N8O2. The zero-order chi connectivity index (χ0) is 30.8. The molecule has 1 aliphatic heterocycles. The Morgan fingerprint density at radius 1 is 1.36 bits per heavy atom. The minimum Gasteiger partial charge on any atom is -0.434 e. The Bertz CT molecular complexity index is 1390. The first kappa shape index (κ1) is 32.2. The molecule has 1 fully saturated rings. The van der Waals surface area contributed by atoms with E-state index in [9.17, 15) is 13.6 Å². The predicted molar refractivity (Wildman–Crippen MR) is 164 cm³/mol. The van der Waals surface area contributed by atoms with E-state index < -0.39 is 12.5 Å². The summed E-state index contributed by atoms with van der Waals surface area (Å²) >= 11 is 0. The van der Waals surface area contributed by atoms with Crippen LogP contribution < -0.4 is 21.5 Å². The smallest absolute Gasteiger partial charge is 0.387 e. The van der Waals surface area contributed by atoms with Crippen LogP contribution in [0.3, 0.4) is 0 Å². The molecule has 0 saturated carbocycles. The molecule has 1 aromatic heterocycles. The summed E-state index contributed by atoms with van der Waals surface area (Å²) in [5, 5.41) is 14.7. The van der Waals surface area contributed by atoms with Crippen molar-refractivity contribution in [2.75, 3.05) is 25.9 Å². The van der Waals surface area contributed by atoms with Crippen LogP contribution in [0.4, 0.5) is 14.5 Å². The van der Waals surface area contributed by atoms with Gasteiger partial charge in [0.1, 0.15) is 5.75 Å². The Morgan fingerprint density at radius 3 is 2.76 bits per heavy atom. The van der Waals surface area contributed by atoms with Crippen LogP contribution in [-0.4, -0.2) is 65.8 Å². The second-order valence-corrected chi connectivity index (χ2v) is 10.2. The van der Waals surface area contributed by atoms with Gasteiger partial charge >= 0.3 is 6.61 Å². The second kappa shape index (κ2) is 15.1. The van der Waals surface area contributed by atoms with Gasteiger partial charge in [0.05, 0.1) is 35.4 Å². The van der Waals surface area contributed by atoms with E-state index >= 15 is 0 Å². The largest absolute Gasteiger partial charge is 0.434 e. The maximum Gasteiger partial charge on any atom is 0.387 e. The number of alkyl halides is 2. The molecular weight excluding hydrogens is 542 g/mol. The van der Waals surface area contributed by atoms with E-state index in [-0.39, 0.29) is 40.0 Å². The normalized spacial score (nSPS) is 16.9. The number of hydrogen-bond acceptors (Lipinski definition) is 8. The lowest BCUT2D eigenvalue weighted by atomic mass is 10.0. The Kier molecular flexibility index (Phi) is 11.5. The molecule has 6 N–H and O–H groups in total. The topological polar surface area (TPSA) is 148 Å². The monoisotopic (exact) mass is 582 g/mol. The number of nitrogens with zero attached hydrogens (tertiary/aromatic N) is 4. The van der Waals surface area contributed by atoms with Crippen LogP contribution in [-0.2, 0) is 0 Å². The van der Waals surface area contributed by atoms with Gasteiger partial charge in [0.25, 0.3) is 5.91 Å². The van der Waals surface area contributed by atoms with Crippen LogP contribution >= 0.6 is 0 Å². The standard InChI is InChI=1S/C30H40F2N8O2/c1-5-8-19(2)9-6-12-40-20(3)24(17-37-40)29(41)38-26(18-36-16-22-10-7-11-39(22)4)28(35)23-13-21(15-33)25(34)14-27(23)42-30(31)32/h6,9,12-15,17-18,22,30,33H,5,7-8,10-11,16,34-35H2,1-4H3,(H,38,41)/b12-6-,19-9+,28-26?,33-15?,36-18?. The van der Waals surface area contributed by atoms with Crippen LogP contribution in [0, 0.1) is 12.3 Å². The van der Waals surface area contributed by atoms with Crippen molar-refractivity contribution in [3.8, 4) is 5.75 Å². The van der Waals surface area contributed by atoms with Crippen LogP contribution in [0.1, 0.15) is 66.7 Å². The number of amides is 1. The summed E-state index contributed by atoms with van der Waals surface area (Å²) in [6.07, 6.45) is 13.6. The number of benzene rings is 1. The summed E-state index contributed by atoms with van der Waals surface area (Å²) in [7, 11) is 2.02. The van der Waals surface area contributed by atoms with Crippen molar-refractivity contribution >= 4 is 35.9 Å². The lowest BCUT2D eigenvalue weighted by molar-refractivity contribution is -0.0499. The van der Waals surface area contributed by atoms with Crippen LogP contribution in [0.25, 0.3) is 11.9 Å². The van der Waals surface area contributed by atoms with Gasteiger partial charge in [-0.15, -0.1) is 0 Å². The number of nitrogen functional groups attached to an aromatic ring is 1. The SMILES string of the molecule is CCC/C(C)=C/C=C\n1ncc(C(=O)NC(C=NCC2CCCN2C)=C(N)c2cc(C=N)c(N)cc2OC(F)F)c1C. The lowest BCUT2D eigenvalue weighted by Gasteiger charge is -2.18. The van der Waals surface area contributed by atoms with Gasteiger partial charge in [0.15, 0.2) is 0 Å². The fraction of sp³-hybridized carbons (Fsp3) is 0.400. The van der Waals surface area contributed by atoms with Gasteiger partial charge in [-0.2, -0.15) is 13.9 Å². The predicted octanol–water partition coefficient (Wildman–Crippen LogP) is 4.81. The van der Waals surface area contributed by atoms with E-state index in [2.05, 4.69) is 38.9 Å². The number of ether oxygens (including phenoxy) is 1. The number of rotatable bonds is 13. The number of anilines is 1. The van der Waals surface area contributed by atoms with Crippen molar-refractivity contribution in [1.29, 1.82) is 5.41 Å². The van der Waals surface area contributed by atoms with Gasteiger partial charge in [-0.25, -0.2) is 4.68 Å². The molecule has 1 aliphatic rings. The van der Waals surface area contributed by atoms with E-state index in [1.165, 1.54) is 30.1 Å². The number of aromatic nitrogens is 2. The molecule has 2 aromatic rings. The molecule has 0 bridgehead atoms. The summed E-state index contributed by atoms with van der Waals surface area (Å²) in [5.41, 5.74) is 14.9. The molecule has 10 nitrogen and oxygen atoms in total. The highest BCUT2D eigenvalue weighted by Crippen LogP contribution is 2.31. The fourth-order valence-electron chi connectivity index (χ4n) is 4.68. The molecule has 12 heteroatoms. The number of halogens is 2. The lowest BCUT2D eigenvalue weighted by Crippen LogP contribution is -2.29. The van der Waals surface area contributed by atoms with Gasteiger partial charge in [-0.3, -0.25) is 9.79 Å². The summed E-state index contributed by atoms with van der Waals surface area (Å²) in [6.45, 7) is 4.22. The number of aliphatic imine (C=N–C) groups is 1. The summed E-state index contributed by atoms with van der Waals surface area (Å²) in [4.78, 5) is 20.2. The molecule has 1 atom stereocenters. The van der Waals surface area contributed by atoms with Crippen molar-refractivity contribution in [2.45, 2.75) is 59.1 Å². The van der Waals surface area contributed by atoms with Gasteiger partial charge in [-0.05, 0) is 58.8 Å². The minimum absolute atomic E-state index is 0.0346. The Balaban J connectivity index is 1.99. The zero-order valence-corrected chi connectivity index (χ0v) is 24.5. The summed E-state index contributed by atoms with van der Waals surface area (Å²) in [6, 6.07) is 2.78. The third kappa shape index (κ3) is 8.35. The number of nitrogens with one attached hydrogen (secondary N) is 2. The number of hydrogen-bond donors (Lipinski definition) is 4. The number of likely N-dealkylation sites (tertiary alicyclic amines) is 1. The number of allylic oxidation sites excluding steroid dienone is 4. The zero-order valence-electron chi connectivity index (χ0n) is 24.5. The average molecular weight is 583 g/mol. The molecule has 1 aromatic carbocycles. The Labute approximate surface area is 245 Å². The van der Waals surface area contributed by atoms with Gasteiger partial charge < -0.3 is 31.8 Å². The third-order valence-electron chi connectivity index (χ3n) is 7.14. The number of carbonyl (C=O) groups excluding carboxylic acids is 1. The number of nitrogens with two attached hydrogens (primary N) is 2. The highest BCUT2D eigenvalue weighted by Gasteiger charge is 2.22. The molecule has 1 amide bonds. The van der Waals surface area contributed by atoms with Crippen molar-refractivity contribution in [2.24, 2.45) is 10.7 Å². The van der Waals surface area contributed by atoms with Gasteiger partial charge in [0, 0.05) is 47.6 Å². The molecule has 1 unspecified atom stereocenters. The molecule has 0 radical (unpaired) electrons. The molecule has 1 saturated heterocycles. The minimum atomic E-state index is -3.14. The Morgan fingerprint density at radius 2 is 2.12 bits per heavy atom. The maximum absolute atomic E-state index is 13.4.